The maximum absolute atomic E-state index is 8.91. The van der Waals surface area contributed by atoms with Gasteiger partial charge in [0.05, 0.1) is 11.3 Å². The number of pyridine rings is 1. The molecule has 18 heavy (non-hydrogen) atoms. The number of anilines is 1. The summed E-state index contributed by atoms with van der Waals surface area (Å²) in [4.78, 5) is 6.85. The first kappa shape index (κ1) is 12.8. The van der Waals surface area contributed by atoms with Crippen molar-refractivity contribution in [2.24, 2.45) is 11.7 Å². The zero-order chi connectivity index (χ0) is 13.0. The molecule has 1 saturated heterocycles. The second kappa shape index (κ2) is 5.83. The van der Waals surface area contributed by atoms with Gasteiger partial charge in [0.2, 0.25) is 0 Å². The molecule has 0 aromatic carbocycles. The van der Waals surface area contributed by atoms with Gasteiger partial charge in [0.25, 0.3) is 0 Å². The van der Waals surface area contributed by atoms with Gasteiger partial charge in [-0.2, -0.15) is 5.26 Å². The van der Waals surface area contributed by atoms with Gasteiger partial charge in [0.1, 0.15) is 11.9 Å². The molecule has 1 aromatic rings. The number of aromatic nitrogens is 1. The number of piperidine rings is 1. The third kappa shape index (κ3) is 2.80. The van der Waals surface area contributed by atoms with Crippen LogP contribution >= 0.6 is 0 Å². The zero-order valence-corrected chi connectivity index (χ0v) is 10.9. The average Bonchev–Trinajstić information content (AvgIpc) is 2.39. The van der Waals surface area contributed by atoms with Crippen LogP contribution in [0.25, 0.3) is 0 Å². The van der Waals surface area contributed by atoms with Crippen molar-refractivity contribution < 1.29 is 0 Å². The van der Waals surface area contributed by atoms with E-state index in [-0.39, 0.29) is 0 Å². The molecule has 1 aliphatic rings. The minimum absolute atomic E-state index is 0.661. The topological polar surface area (TPSA) is 65.9 Å². The fraction of sp³-hybridized carbons (Fsp3) is 0.571. The molecule has 1 atom stereocenters. The molecule has 0 spiro atoms. The van der Waals surface area contributed by atoms with E-state index in [1.54, 1.807) is 0 Å². The van der Waals surface area contributed by atoms with Crippen molar-refractivity contribution in [3.63, 3.8) is 0 Å². The largest absolute Gasteiger partial charge is 0.356 e. The van der Waals surface area contributed by atoms with Gasteiger partial charge in [-0.15, -0.1) is 0 Å². The van der Waals surface area contributed by atoms with Crippen molar-refractivity contribution in [1.29, 1.82) is 5.26 Å². The molecule has 2 rings (SSSR count). The Morgan fingerprint density at radius 3 is 3.06 bits per heavy atom. The second-order valence-electron chi connectivity index (χ2n) is 4.95. The smallest absolute Gasteiger partial charge is 0.128 e. The van der Waals surface area contributed by atoms with Crippen molar-refractivity contribution in [1.82, 2.24) is 4.98 Å². The second-order valence-corrected chi connectivity index (χ2v) is 4.95. The van der Waals surface area contributed by atoms with Gasteiger partial charge >= 0.3 is 0 Å². The quantitative estimate of drug-likeness (QED) is 0.881. The highest BCUT2D eigenvalue weighted by Crippen LogP contribution is 2.24. The lowest BCUT2D eigenvalue weighted by Crippen LogP contribution is -2.36. The molecular weight excluding hydrogens is 224 g/mol. The third-order valence-electron chi connectivity index (χ3n) is 3.61. The summed E-state index contributed by atoms with van der Waals surface area (Å²) >= 11 is 0. The highest BCUT2D eigenvalue weighted by Gasteiger charge is 2.20. The van der Waals surface area contributed by atoms with E-state index < -0.39 is 0 Å². The number of aryl methyl sites for hydroxylation is 1. The summed E-state index contributed by atoms with van der Waals surface area (Å²) in [6.07, 6.45) is 3.56. The van der Waals surface area contributed by atoms with Crippen molar-refractivity contribution in [2.75, 3.05) is 24.5 Å². The van der Waals surface area contributed by atoms with Gasteiger partial charge in [0.15, 0.2) is 0 Å². The lowest BCUT2D eigenvalue weighted by Gasteiger charge is -2.33. The van der Waals surface area contributed by atoms with E-state index in [2.05, 4.69) is 16.0 Å². The van der Waals surface area contributed by atoms with Crippen LogP contribution < -0.4 is 10.6 Å². The fourth-order valence-electron chi connectivity index (χ4n) is 2.59. The monoisotopic (exact) mass is 244 g/mol. The van der Waals surface area contributed by atoms with Gasteiger partial charge in [-0.1, -0.05) is 0 Å². The number of hydrogen-bond acceptors (Lipinski definition) is 4. The Kier molecular flexibility index (Phi) is 4.16. The minimum Gasteiger partial charge on any atom is -0.356 e. The van der Waals surface area contributed by atoms with Gasteiger partial charge < -0.3 is 10.6 Å². The van der Waals surface area contributed by atoms with Crippen LogP contribution in [0.3, 0.4) is 0 Å². The first-order chi connectivity index (χ1) is 8.74. The zero-order valence-electron chi connectivity index (χ0n) is 10.9. The van der Waals surface area contributed by atoms with Crippen molar-refractivity contribution in [2.45, 2.75) is 26.2 Å². The molecule has 1 aromatic heterocycles. The van der Waals surface area contributed by atoms with E-state index in [0.717, 1.165) is 37.6 Å². The third-order valence-corrected chi connectivity index (χ3v) is 3.61. The van der Waals surface area contributed by atoms with Crippen LogP contribution in [-0.2, 0) is 0 Å². The summed E-state index contributed by atoms with van der Waals surface area (Å²) in [5, 5.41) is 8.91. The molecule has 0 saturated carbocycles. The summed E-state index contributed by atoms with van der Waals surface area (Å²) < 4.78 is 0. The molecule has 1 aliphatic heterocycles. The standard InChI is InChI=1S/C14H20N4/c1-11-13(9-16)4-5-14(17-11)18-8-2-3-12(10-18)6-7-15/h4-5,12H,2-3,6-8,10,15H2,1H3. The maximum atomic E-state index is 8.91. The van der Waals surface area contributed by atoms with Gasteiger partial charge in [-0.3, -0.25) is 0 Å². The van der Waals surface area contributed by atoms with Crippen LogP contribution in [0.5, 0.6) is 0 Å². The predicted octanol–water partition coefficient (Wildman–Crippen LogP) is 1.83. The van der Waals surface area contributed by atoms with Gasteiger partial charge in [-0.25, -0.2) is 4.98 Å². The van der Waals surface area contributed by atoms with Crippen molar-refractivity contribution in [3.8, 4) is 6.07 Å². The van der Waals surface area contributed by atoms with E-state index in [0.29, 0.717) is 11.5 Å². The summed E-state index contributed by atoms with van der Waals surface area (Å²) in [7, 11) is 0. The summed E-state index contributed by atoms with van der Waals surface area (Å²) in [6.45, 7) is 4.75. The van der Waals surface area contributed by atoms with Crippen molar-refractivity contribution >= 4 is 5.82 Å². The molecule has 0 bridgehead atoms. The normalized spacial score (nSPS) is 19.6. The van der Waals surface area contributed by atoms with Gasteiger partial charge in [-0.05, 0) is 50.8 Å². The van der Waals surface area contributed by atoms with E-state index in [4.69, 9.17) is 11.0 Å². The highest BCUT2D eigenvalue weighted by atomic mass is 15.2. The highest BCUT2D eigenvalue weighted by molar-refractivity contribution is 5.45. The first-order valence-corrected chi connectivity index (χ1v) is 6.57. The predicted molar refractivity (Wildman–Crippen MR) is 72.3 cm³/mol. The summed E-state index contributed by atoms with van der Waals surface area (Å²) in [5.41, 5.74) is 7.11. The van der Waals surface area contributed by atoms with Crippen LogP contribution in [0.15, 0.2) is 12.1 Å². The first-order valence-electron chi connectivity index (χ1n) is 6.57. The SMILES string of the molecule is Cc1nc(N2CCCC(CCN)C2)ccc1C#N. The number of rotatable bonds is 3. The lowest BCUT2D eigenvalue weighted by atomic mass is 9.95. The number of hydrogen-bond donors (Lipinski definition) is 1. The Morgan fingerprint density at radius 2 is 2.39 bits per heavy atom. The molecular formula is C14H20N4. The van der Waals surface area contributed by atoms with Crippen LogP contribution in [0.2, 0.25) is 0 Å². The Balaban J connectivity index is 2.11. The molecule has 4 heteroatoms. The molecule has 0 aliphatic carbocycles. The average molecular weight is 244 g/mol. The molecule has 1 unspecified atom stereocenters. The number of nitrogens with zero attached hydrogens (tertiary/aromatic N) is 3. The Morgan fingerprint density at radius 1 is 1.56 bits per heavy atom. The molecule has 2 N–H and O–H groups in total. The molecule has 2 heterocycles. The van der Waals surface area contributed by atoms with E-state index in [1.807, 2.05) is 19.1 Å². The van der Waals surface area contributed by atoms with Crippen LogP contribution in [0.1, 0.15) is 30.5 Å². The lowest BCUT2D eigenvalue weighted by molar-refractivity contribution is 0.394. The summed E-state index contributed by atoms with van der Waals surface area (Å²) in [6, 6.07) is 5.98. The van der Waals surface area contributed by atoms with E-state index >= 15 is 0 Å². The summed E-state index contributed by atoms with van der Waals surface area (Å²) in [5.74, 6) is 1.68. The maximum Gasteiger partial charge on any atom is 0.128 e. The van der Waals surface area contributed by atoms with E-state index in [1.165, 1.54) is 12.8 Å². The Bertz CT molecular complexity index is 448. The van der Waals surface area contributed by atoms with E-state index in [9.17, 15) is 0 Å². The Labute approximate surface area is 108 Å². The number of nitriles is 1. The molecule has 0 amide bonds. The van der Waals surface area contributed by atoms with Crippen molar-refractivity contribution in [3.05, 3.63) is 23.4 Å². The molecule has 96 valence electrons. The Hall–Kier alpha value is -1.60. The van der Waals surface area contributed by atoms with Crippen LogP contribution in [0, 0.1) is 24.2 Å². The molecule has 1 fully saturated rings. The minimum atomic E-state index is 0.661. The fourth-order valence-corrected chi connectivity index (χ4v) is 2.59. The van der Waals surface area contributed by atoms with Gasteiger partial charge in [0, 0.05) is 13.1 Å². The number of nitrogens with two attached hydrogens (primary N) is 1. The molecule has 0 radical (unpaired) electrons. The van der Waals surface area contributed by atoms with Crippen LogP contribution in [0.4, 0.5) is 5.82 Å². The van der Waals surface area contributed by atoms with Crippen LogP contribution in [-0.4, -0.2) is 24.6 Å². The molecule has 4 nitrogen and oxygen atoms in total.